The number of nitrogens with zero attached hydrogens (tertiary/aromatic N) is 2. The van der Waals surface area contributed by atoms with Gasteiger partial charge in [-0.3, -0.25) is 4.90 Å². The Balaban J connectivity index is 1.40. The predicted octanol–water partition coefficient (Wildman–Crippen LogP) is 3.09. The molecule has 9 heteroatoms. The normalized spacial score (nSPS) is 23.3. The number of sulfone groups is 1. The number of halogens is 1. The van der Waals surface area contributed by atoms with Crippen LogP contribution in [0.1, 0.15) is 18.4 Å². The summed E-state index contributed by atoms with van der Waals surface area (Å²) in [5.41, 5.74) is 1.63. The SMILES string of the molecule is COC1(OC)CC(CCN2CCN(c3ccc(F)cc3)CC2)S(=O)(=O)c2sccc21. The minimum atomic E-state index is -3.40. The number of thiophene rings is 1. The summed E-state index contributed by atoms with van der Waals surface area (Å²) in [6, 6.07) is 8.34. The van der Waals surface area contributed by atoms with E-state index >= 15 is 0 Å². The second-order valence-electron chi connectivity index (χ2n) is 7.75. The van der Waals surface area contributed by atoms with Gasteiger partial charge in [0.15, 0.2) is 15.6 Å². The lowest BCUT2D eigenvalue weighted by atomic mass is 10.0. The van der Waals surface area contributed by atoms with Gasteiger partial charge in [0.05, 0.1) is 5.25 Å². The first-order chi connectivity index (χ1) is 14.4. The van der Waals surface area contributed by atoms with Gasteiger partial charge in [-0.05, 0) is 48.7 Å². The van der Waals surface area contributed by atoms with E-state index in [2.05, 4.69) is 9.80 Å². The lowest BCUT2D eigenvalue weighted by Gasteiger charge is -2.40. The molecule has 164 valence electrons. The van der Waals surface area contributed by atoms with E-state index in [1.165, 1.54) is 23.5 Å². The van der Waals surface area contributed by atoms with E-state index < -0.39 is 20.9 Å². The molecule has 1 aromatic heterocycles. The van der Waals surface area contributed by atoms with Gasteiger partial charge in [0.1, 0.15) is 10.0 Å². The topological polar surface area (TPSA) is 59.1 Å². The van der Waals surface area contributed by atoms with E-state index in [4.69, 9.17) is 9.47 Å². The van der Waals surface area contributed by atoms with Crippen LogP contribution in [0.3, 0.4) is 0 Å². The summed E-state index contributed by atoms with van der Waals surface area (Å²) in [5, 5.41) is 1.24. The lowest BCUT2D eigenvalue weighted by Crippen LogP contribution is -2.48. The van der Waals surface area contributed by atoms with Crippen molar-refractivity contribution in [1.82, 2.24) is 4.90 Å². The lowest BCUT2D eigenvalue weighted by molar-refractivity contribution is -0.223. The molecule has 1 unspecified atom stereocenters. The molecule has 0 N–H and O–H groups in total. The Labute approximate surface area is 181 Å². The van der Waals surface area contributed by atoms with Crippen LogP contribution in [0.5, 0.6) is 0 Å². The Morgan fingerprint density at radius 3 is 2.40 bits per heavy atom. The van der Waals surface area contributed by atoms with Crippen LogP contribution in [0, 0.1) is 5.82 Å². The van der Waals surface area contributed by atoms with Crippen LogP contribution in [0.25, 0.3) is 0 Å². The van der Waals surface area contributed by atoms with Gasteiger partial charge in [0.2, 0.25) is 0 Å². The average molecular weight is 455 g/mol. The molecule has 0 bridgehead atoms. The molecule has 0 spiro atoms. The Hall–Kier alpha value is -1.52. The van der Waals surface area contributed by atoms with Crippen molar-refractivity contribution in [2.75, 3.05) is 51.8 Å². The Morgan fingerprint density at radius 2 is 1.77 bits per heavy atom. The zero-order valence-corrected chi connectivity index (χ0v) is 18.8. The van der Waals surface area contributed by atoms with Gasteiger partial charge in [0.25, 0.3) is 0 Å². The summed E-state index contributed by atoms with van der Waals surface area (Å²) in [4.78, 5) is 4.52. The molecule has 4 rings (SSSR count). The van der Waals surface area contributed by atoms with Gasteiger partial charge in [-0.25, -0.2) is 12.8 Å². The zero-order chi connectivity index (χ0) is 21.4. The maximum absolute atomic E-state index is 13.2. The summed E-state index contributed by atoms with van der Waals surface area (Å²) in [6.45, 7) is 4.05. The minimum absolute atomic E-state index is 0.233. The summed E-state index contributed by atoms with van der Waals surface area (Å²) < 4.78 is 51.2. The molecule has 2 aromatic rings. The van der Waals surface area contributed by atoms with Gasteiger partial charge < -0.3 is 14.4 Å². The molecule has 0 saturated carbocycles. The molecule has 1 aromatic carbocycles. The molecular weight excluding hydrogens is 427 g/mol. The Morgan fingerprint density at radius 1 is 1.10 bits per heavy atom. The third-order valence-corrected chi connectivity index (χ3v) is 9.93. The fourth-order valence-electron chi connectivity index (χ4n) is 4.40. The first-order valence-electron chi connectivity index (χ1n) is 10.0. The summed E-state index contributed by atoms with van der Waals surface area (Å²) in [7, 11) is -0.275. The van der Waals surface area contributed by atoms with Crippen LogP contribution in [0.15, 0.2) is 39.9 Å². The number of hydrogen-bond acceptors (Lipinski definition) is 7. The maximum atomic E-state index is 13.2. The number of piperazine rings is 1. The predicted molar refractivity (Wildman–Crippen MR) is 115 cm³/mol. The fraction of sp³-hybridized carbons (Fsp3) is 0.524. The molecular formula is C21H27FN2O4S2. The van der Waals surface area contributed by atoms with Crippen LogP contribution in [0.2, 0.25) is 0 Å². The first-order valence-corrected chi connectivity index (χ1v) is 12.5. The van der Waals surface area contributed by atoms with E-state index in [1.54, 1.807) is 37.8 Å². The third-order valence-electron chi connectivity index (χ3n) is 6.22. The number of ether oxygens (including phenoxy) is 2. The molecule has 0 amide bonds. The Kier molecular flexibility index (Phi) is 6.18. The van der Waals surface area contributed by atoms with Crippen LogP contribution in [-0.4, -0.2) is 65.5 Å². The van der Waals surface area contributed by atoms with Crippen LogP contribution >= 0.6 is 11.3 Å². The van der Waals surface area contributed by atoms with Crippen molar-refractivity contribution in [2.45, 2.75) is 28.1 Å². The molecule has 1 saturated heterocycles. The molecule has 0 radical (unpaired) electrons. The van der Waals surface area contributed by atoms with Crippen molar-refractivity contribution in [3.63, 3.8) is 0 Å². The Bertz CT molecular complexity index is 965. The van der Waals surface area contributed by atoms with Crippen LogP contribution in [0.4, 0.5) is 10.1 Å². The maximum Gasteiger partial charge on any atom is 0.197 e. The highest BCUT2D eigenvalue weighted by Gasteiger charge is 2.49. The van der Waals surface area contributed by atoms with Crippen molar-refractivity contribution in [1.29, 1.82) is 0 Å². The van der Waals surface area contributed by atoms with E-state index in [1.807, 2.05) is 0 Å². The first kappa shape index (κ1) is 21.7. The highest BCUT2D eigenvalue weighted by atomic mass is 32.2. The van der Waals surface area contributed by atoms with Crippen molar-refractivity contribution >= 4 is 26.9 Å². The highest BCUT2D eigenvalue weighted by Crippen LogP contribution is 2.46. The number of fused-ring (bicyclic) bond motifs is 1. The van der Waals surface area contributed by atoms with Crippen molar-refractivity contribution < 1.29 is 22.3 Å². The summed E-state index contributed by atoms with van der Waals surface area (Å²) >= 11 is 1.23. The second-order valence-corrected chi connectivity index (χ2v) is 11.1. The van der Waals surface area contributed by atoms with Crippen molar-refractivity contribution in [3.05, 3.63) is 47.1 Å². The molecule has 1 fully saturated rings. The highest BCUT2D eigenvalue weighted by molar-refractivity contribution is 7.94. The van der Waals surface area contributed by atoms with Crippen molar-refractivity contribution in [3.8, 4) is 0 Å². The zero-order valence-electron chi connectivity index (χ0n) is 17.2. The fourth-order valence-corrected chi connectivity index (χ4v) is 7.88. The van der Waals surface area contributed by atoms with Gasteiger partial charge >= 0.3 is 0 Å². The van der Waals surface area contributed by atoms with Crippen molar-refractivity contribution in [2.24, 2.45) is 0 Å². The monoisotopic (exact) mass is 454 g/mol. The quantitative estimate of drug-likeness (QED) is 0.626. The van der Waals surface area contributed by atoms with E-state index in [0.717, 1.165) is 31.9 Å². The number of anilines is 1. The summed E-state index contributed by atoms with van der Waals surface area (Å²) in [6.07, 6.45) is 0.826. The number of methoxy groups -OCH3 is 2. The molecule has 2 aliphatic rings. The van der Waals surface area contributed by atoms with Crippen LogP contribution < -0.4 is 4.90 Å². The molecule has 0 aliphatic carbocycles. The molecule has 3 heterocycles. The van der Waals surface area contributed by atoms with Gasteiger partial charge in [-0.15, -0.1) is 11.3 Å². The number of rotatable bonds is 6. The van der Waals surface area contributed by atoms with Gasteiger partial charge in [-0.2, -0.15) is 0 Å². The number of benzene rings is 1. The second kappa shape index (κ2) is 8.55. The van der Waals surface area contributed by atoms with Gasteiger partial charge in [0, 0.05) is 58.1 Å². The smallest absolute Gasteiger partial charge is 0.197 e. The largest absolute Gasteiger partial charge is 0.369 e. The summed E-state index contributed by atoms with van der Waals surface area (Å²) in [5.74, 6) is -1.24. The van der Waals surface area contributed by atoms with Gasteiger partial charge in [-0.1, -0.05) is 0 Å². The minimum Gasteiger partial charge on any atom is -0.369 e. The molecule has 1 atom stereocenters. The van der Waals surface area contributed by atoms with E-state index in [0.29, 0.717) is 29.2 Å². The third kappa shape index (κ3) is 3.89. The van der Waals surface area contributed by atoms with Crippen LogP contribution in [-0.2, 0) is 25.1 Å². The number of hydrogen-bond donors (Lipinski definition) is 0. The standard InChI is InChI=1S/C21H27FN2O4S2/c1-27-21(28-2)15-18(30(25,26)20-19(21)8-14-29-20)7-9-23-10-12-24(13-11-23)17-5-3-16(22)4-6-17/h3-6,8,14,18H,7,9-13,15H2,1-2H3. The van der Waals surface area contributed by atoms with E-state index in [-0.39, 0.29) is 5.82 Å². The molecule has 6 nitrogen and oxygen atoms in total. The molecule has 2 aliphatic heterocycles. The van der Waals surface area contributed by atoms with E-state index in [9.17, 15) is 12.8 Å². The average Bonchev–Trinajstić information content (AvgIpc) is 3.27. The molecule has 30 heavy (non-hydrogen) atoms.